The van der Waals surface area contributed by atoms with Crippen LogP contribution in [0.25, 0.3) is 0 Å². The fraction of sp³-hybridized carbons (Fsp3) is 0.917. The van der Waals surface area contributed by atoms with Crippen molar-refractivity contribution in [3.05, 3.63) is 11.3 Å². The number of aliphatic carboxylic acids is 1. The number of ether oxygens (including phenoxy) is 4. The van der Waals surface area contributed by atoms with Crippen LogP contribution in [0.2, 0.25) is 0 Å². The van der Waals surface area contributed by atoms with E-state index in [4.69, 9.17) is 18.9 Å². The molecular weight excluding hydrogens is 528 g/mol. The molecule has 0 aromatic rings. The number of unbranched alkanes of at least 4 members (excludes halogenated alkanes) is 6. The fourth-order valence-corrected chi connectivity index (χ4v) is 9.72. The van der Waals surface area contributed by atoms with E-state index in [1.807, 2.05) is 0 Å². The van der Waals surface area contributed by atoms with Crippen LogP contribution in [0.4, 0.5) is 0 Å². The molecule has 4 atom stereocenters. The van der Waals surface area contributed by atoms with Crippen LogP contribution in [0.1, 0.15) is 149 Å². The lowest BCUT2D eigenvalue weighted by Gasteiger charge is -2.62. The Kier molecular flexibility index (Phi) is 10.7. The molecule has 2 saturated heterocycles. The summed E-state index contributed by atoms with van der Waals surface area (Å²) in [5.74, 6) is 1.20. The first kappa shape index (κ1) is 32.3. The van der Waals surface area contributed by atoms with Crippen molar-refractivity contribution in [1.29, 1.82) is 0 Å². The van der Waals surface area contributed by atoms with E-state index in [9.17, 15) is 9.90 Å². The number of rotatable bonds is 20. The van der Waals surface area contributed by atoms with Crippen LogP contribution in [0, 0.1) is 17.3 Å². The van der Waals surface area contributed by atoms with Crippen LogP contribution in [0.5, 0.6) is 0 Å². The Morgan fingerprint density at radius 3 is 1.79 bits per heavy atom. The van der Waals surface area contributed by atoms with Crippen molar-refractivity contribution in [2.24, 2.45) is 17.3 Å². The van der Waals surface area contributed by atoms with Crippen molar-refractivity contribution in [1.82, 2.24) is 0 Å². The van der Waals surface area contributed by atoms with E-state index in [0.29, 0.717) is 24.0 Å². The Balaban J connectivity index is 1.10. The van der Waals surface area contributed by atoms with Gasteiger partial charge in [0.15, 0.2) is 0 Å². The Bertz CT molecular complexity index is 906. The van der Waals surface area contributed by atoms with Crippen LogP contribution in [-0.4, -0.2) is 54.3 Å². The molecule has 6 heteroatoms. The lowest BCUT2D eigenvalue weighted by Crippen LogP contribution is -2.57. The van der Waals surface area contributed by atoms with E-state index in [1.54, 1.807) is 6.92 Å². The number of carbonyl (C=O) groups is 1. The van der Waals surface area contributed by atoms with Gasteiger partial charge in [0, 0.05) is 12.0 Å². The predicted molar refractivity (Wildman–Crippen MR) is 165 cm³/mol. The monoisotopic (exact) mass is 588 g/mol. The molecule has 0 radical (unpaired) electrons. The molecule has 42 heavy (non-hydrogen) atoms. The summed E-state index contributed by atoms with van der Waals surface area (Å²) in [5.41, 5.74) is 0.500. The molecule has 6 rings (SSSR count). The van der Waals surface area contributed by atoms with Crippen molar-refractivity contribution in [2.75, 3.05) is 26.4 Å². The minimum absolute atomic E-state index is 0.0949. The SMILES string of the molecule is CCC1(CCCCCCOC(=C(C)C(=O)O)C23CC4CC(CC(OCCCCCCC5(CC)CCO5)(C4)C2)C3)CCO1. The lowest BCUT2D eigenvalue weighted by molar-refractivity contribution is -0.193. The molecule has 240 valence electrons. The highest BCUT2D eigenvalue weighted by molar-refractivity contribution is 5.86. The van der Waals surface area contributed by atoms with Crippen LogP contribution < -0.4 is 0 Å². The summed E-state index contributed by atoms with van der Waals surface area (Å²) in [6.45, 7) is 9.56. The minimum atomic E-state index is -0.835. The van der Waals surface area contributed by atoms with Gasteiger partial charge >= 0.3 is 5.97 Å². The lowest BCUT2D eigenvalue weighted by atomic mass is 9.47. The second-order valence-corrected chi connectivity index (χ2v) is 15.0. The van der Waals surface area contributed by atoms with Crippen molar-refractivity contribution in [3.63, 3.8) is 0 Å². The second kappa shape index (κ2) is 13.9. The minimum Gasteiger partial charge on any atom is -0.497 e. The van der Waals surface area contributed by atoms with Gasteiger partial charge in [-0.05, 0) is 109 Å². The van der Waals surface area contributed by atoms with E-state index in [1.165, 1.54) is 57.8 Å². The molecule has 4 saturated carbocycles. The molecule has 0 amide bonds. The topological polar surface area (TPSA) is 74.2 Å². The van der Waals surface area contributed by atoms with Crippen molar-refractivity contribution in [2.45, 2.75) is 166 Å². The molecule has 0 aromatic heterocycles. The van der Waals surface area contributed by atoms with Gasteiger partial charge in [0.2, 0.25) is 0 Å². The largest absolute Gasteiger partial charge is 0.497 e. The maximum absolute atomic E-state index is 12.3. The highest BCUT2D eigenvalue weighted by Crippen LogP contribution is 2.65. The third kappa shape index (κ3) is 7.23. The molecule has 4 unspecified atom stereocenters. The molecule has 6 fully saturated rings. The molecular formula is C36H60O6. The Hall–Kier alpha value is -1.11. The summed E-state index contributed by atoms with van der Waals surface area (Å²) < 4.78 is 25.1. The molecule has 6 nitrogen and oxygen atoms in total. The highest BCUT2D eigenvalue weighted by Gasteiger charge is 2.60. The zero-order chi connectivity index (χ0) is 29.7. The Morgan fingerprint density at radius 2 is 1.31 bits per heavy atom. The van der Waals surface area contributed by atoms with Gasteiger partial charge < -0.3 is 24.1 Å². The molecule has 4 aliphatic carbocycles. The molecule has 2 heterocycles. The van der Waals surface area contributed by atoms with Gasteiger partial charge in [-0.2, -0.15) is 0 Å². The van der Waals surface area contributed by atoms with Gasteiger partial charge in [-0.15, -0.1) is 0 Å². The van der Waals surface area contributed by atoms with E-state index < -0.39 is 5.97 Å². The number of carboxylic acids is 1. The zero-order valence-electron chi connectivity index (χ0n) is 27.1. The molecule has 0 spiro atoms. The van der Waals surface area contributed by atoms with Gasteiger partial charge in [-0.1, -0.05) is 52.4 Å². The van der Waals surface area contributed by atoms with Crippen molar-refractivity contribution in [3.8, 4) is 0 Å². The molecule has 1 N–H and O–H groups in total. The summed E-state index contributed by atoms with van der Waals surface area (Å²) >= 11 is 0. The van der Waals surface area contributed by atoms with Gasteiger partial charge in [0.1, 0.15) is 5.76 Å². The first-order valence-electron chi connectivity index (χ1n) is 17.8. The van der Waals surface area contributed by atoms with Crippen LogP contribution >= 0.6 is 0 Å². The molecule has 2 aliphatic heterocycles. The quantitative estimate of drug-likeness (QED) is 0.0871. The average molecular weight is 589 g/mol. The summed E-state index contributed by atoms with van der Waals surface area (Å²) in [5, 5.41) is 10.1. The molecule has 4 bridgehead atoms. The second-order valence-electron chi connectivity index (χ2n) is 15.0. The van der Waals surface area contributed by atoms with Gasteiger partial charge in [0.25, 0.3) is 0 Å². The third-order valence-electron chi connectivity index (χ3n) is 12.1. The van der Waals surface area contributed by atoms with Crippen molar-refractivity contribution < 1.29 is 28.8 Å². The van der Waals surface area contributed by atoms with Gasteiger partial charge in [-0.25, -0.2) is 4.79 Å². The Morgan fingerprint density at radius 1 is 0.786 bits per heavy atom. The van der Waals surface area contributed by atoms with E-state index in [2.05, 4.69) is 13.8 Å². The first-order chi connectivity index (χ1) is 20.3. The van der Waals surface area contributed by atoms with Crippen LogP contribution in [-0.2, 0) is 23.7 Å². The Labute approximate surface area is 255 Å². The van der Waals surface area contributed by atoms with E-state index in [0.717, 1.165) is 96.2 Å². The zero-order valence-corrected chi connectivity index (χ0v) is 27.1. The van der Waals surface area contributed by atoms with Gasteiger partial charge in [-0.3, -0.25) is 0 Å². The number of allylic oxidation sites excluding steroid dienone is 1. The maximum atomic E-state index is 12.3. The summed E-state index contributed by atoms with van der Waals surface area (Å²) in [6, 6.07) is 0. The third-order valence-corrected chi connectivity index (χ3v) is 12.1. The summed E-state index contributed by atoms with van der Waals surface area (Å²) in [4.78, 5) is 12.3. The summed E-state index contributed by atoms with van der Waals surface area (Å²) in [7, 11) is 0. The van der Waals surface area contributed by atoms with E-state index >= 15 is 0 Å². The standard InChI is InChI=1S/C36H60O6/c1-4-34(16-20-41-34)14-10-6-8-12-18-39-31(28(3)32(37)38)33-23-29-22-30(24-33)26-36(25-29,27-33)40-19-13-9-7-11-15-35(5-2)17-21-42-35/h29-30H,4-27H2,1-3H3,(H,37,38). The van der Waals surface area contributed by atoms with E-state index in [-0.39, 0.29) is 22.2 Å². The van der Waals surface area contributed by atoms with Gasteiger partial charge in [0.05, 0.1) is 42.2 Å². The first-order valence-corrected chi connectivity index (χ1v) is 17.8. The predicted octanol–water partition coefficient (Wildman–Crippen LogP) is 8.76. The normalized spacial score (nSPS) is 37.2. The fourth-order valence-electron chi connectivity index (χ4n) is 9.72. The molecule has 0 aromatic carbocycles. The maximum Gasteiger partial charge on any atom is 0.334 e. The average Bonchev–Trinajstić information content (AvgIpc) is 2.91. The van der Waals surface area contributed by atoms with Crippen molar-refractivity contribution >= 4 is 5.97 Å². The number of hydrogen-bond donors (Lipinski definition) is 1. The number of carboxylic acid groups (broad SMARTS) is 1. The highest BCUT2D eigenvalue weighted by atomic mass is 16.5. The van der Waals surface area contributed by atoms with Crippen LogP contribution in [0.15, 0.2) is 11.3 Å². The molecule has 6 aliphatic rings. The summed E-state index contributed by atoms with van der Waals surface area (Å²) in [6.07, 6.45) is 23.0. The smallest absolute Gasteiger partial charge is 0.334 e. The van der Waals surface area contributed by atoms with Crippen LogP contribution in [0.3, 0.4) is 0 Å². The number of hydrogen-bond acceptors (Lipinski definition) is 5.